The lowest BCUT2D eigenvalue weighted by Gasteiger charge is -2.20. The average Bonchev–Trinajstić information content (AvgIpc) is 2.87. The Balaban J connectivity index is 1.84. The number of nitrogens with one attached hydrogen (secondary N) is 1. The largest absolute Gasteiger partial charge is 0.486 e. The van der Waals surface area contributed by atoms with Crippen molar-refractivity contribution < 1.29 is 14.3 Å². The van der Waals surface area contributed by atoms with Gasteiger partial charge in [-0.15, -0.1) is 0 Å². The highest BCUT2D eigenvalue weighted by Crippen LogP contribution is 2.38. The lowest BCUT2D eigenvalue weighted by Crippen LogP contribution is -2.17. The average molecular weight is 429 g/mol. The van der Waals surface area contributed by atoms with Gasteiger partial charge in [-0.25, -0.2) is 0 Å². The summed E-state index contributed by atoms with van der Waals surface area (Å²) in [4.78, 5) is 12.7. The van der Waals surface area contributed by atoms with Gasteiger partial charge >= 0.3 is 0 Å². The van der Waals surface area contributed by atoms with Crippen LogP contribution in [-0.4, -0.2) is 28.9 Å². The third kappa shape index (κ3) is 3.77. The molecule has 0 saturated heterocycles. The second kappa shape index (κ2) is 7.66. The number of amides is 1. The van der Waals surface area contributed by atoms with Gasteiger partial charge in [0.1, 0.15) is 18.4 Å². The van der Waals surface area contributed by atoms with E-state index in [0.717, 1.165) is 12.8 Å². The zero-order chi connectivity index (χ0) is 18.0. The summed E-state index contributed by atoms with van der Waals surface area (Å²) < 4.78 is 13.5. The summed E-state index contributed by atoms with van der Waals surface area (Å²) in [6.45, 7) is 5.56. The zero-order valence-electron chi connectivity index (χ0n) is 14.1. The molecule has 6 nitrogen and oxygen atoms in total. The quantitative estimate of drug-likeness (QED) is 0.765. The highest BCUT2D eigenvalue weighted by Gasteiger charge is 2.22. The maximum atomic E-state index is 12.7. The number of anilines is 1. The molecule has 0 aliphatic carbocycles. The summed E-state index contributed by atoms with van der Waals surface area (Å²) in [5, 5.41) is 7.60. The molecule has 0 saturated carbocycles. The molecule has 1 aromatic carbocycles. The van der Waals surface area contributed by atoms with Crippen molar-refractivity contribution in [2.45, 2.75) is 33.2 Å². The molecule has 2 heterocycles. The predicted octanol–water partition coefficient (Wildman–Crippen LogP) is 4.43. The minimum Gasteiger partial charge on any atom is -0.486 e. The fraction of sp³-hybridized carbons (Fsp3) is 0.412. The van der Waals surface area contributed by atoms with Gasteiger partial charge < -0.3 is 14.8 Å². The fourth-order valence-electron chi connectivity index (χ4n) is 2.61. The minimum absolute atomic E-state index is 0.303. The van der Waals surface area contributed by atoms with E-state index in [1.165, 1.54) is 0 Å². The molecular formula is C17H19BrClN3O3. The lowest BCUT2D eigenvalue weighted by atomic mass is 10.2. The van der Waals surface area contributed by atoms with E-state index in [4.69, 9.17) is 21.1 Å². The van der Waals surface area contributed by atoms with Gasteiger partial charge in [0.25, 0.3) is 5.91 Å². The molecule has 25 heavy (non-hydrogen) atoms. The number of aromatic nitrogens is 2. The summed E-state index contributed by atoms with van der Waals surface area (Å²) in [6, 6.07) is 3.52. The number of rotatable bonds is 5. The Morgan fingerprint density at radius 1 is 1.36 bits per heavy atom. The van der Waals surface area contributed by atoms with Crippen LogP contribution in [0.25, 0.3) is 0 Å². The van der Waals surface area contributed by atoms with Crippen molar-refractivity contribution in [2.24, 2.45) is 0 Å². The summed E-state index contributed by atoms with van der Waals surface area (Å²) in [5.74, 6) is 0.951. The van der Waals surface area contributed by atoms with Gasteiger partial charge in [-0.1, -0.05) is 24.9 Å². The molecule has 1 N–H and O–H groups in total. The van der Waals surface area contributed by atoms with Crippen molar-refractivity contribution in [3.05, 3.63) is 33.0 Å². The van der Waals surface area contributed by atoms with E-state index in [2.05, 4.69) is 33.3 Å². The normalized spacial score (nSPS) is 13.0. The molecule has 3 rings (SSSR count). The highest BCUT2D eigenvalue weighted by molar-refractivity contribution is 9.10. The van der Waals surface area contributed by atoms with Gasteiger partial charge in [0.05, 0.1) is 16.9 Å². The molecule has 0 spiro atoms. The third-order valence-corrected chi connectivity index (χ3v) is 4.94. The van der Waals surface area contributed by atoms with E-state index in [1.54, 1.807) is 23.7 Å². The van der Waals surface area contributed by atoms with Gasteiger partial charge in [0.2, 0.25) is 0 Å². The number of unbranched alkanes of at least 4 members (excludes halogenated alkanes) is 1. The first-order valence-corrected chi connectivity index (χ1v) is 9.31. The molecule has 8 heteroatoms. The van der Waals surface area contributed by atoms with Crippen molar-refractivity contribution in [3.63, 3.8) is 0 Å². The molecule has 1 amide bonds. The number of halogens is 2. The van der Waals surface area contributed by atoms with Crippen molar-refractivity contribution in [1.82, 2.24) is 9.78 Å². The monoisotopic (exact) mass is 427 g/mol. The zero-order valence-corrected chi connectivity index (χ0v) is 16.4. The summed E-state index contributed by atoms with van der Waals surface area (Å²) in [5.41, 5.74) is 1.58. The Kier molecular flexibility index (Phi) is 5.54. The predicted molar refractivity (Wildman–Crippen MR) is 100.0 cm³/mol. The van der Waals surface area contributed by atoms with Crippen molar-refractivity contribution in [3.8, 4) is 11.5 Å². The summed E-state index contributed by atoms with van der Waals surface area (Å²) in [6.07, 6.45) is 1.98. The molecular weight excluding hydrogens is 410 g/mol. The van der Waals surface area contributed by atoms with Crippen molar-refractivity contribution in [2.75, 3.05) is 18.5 Å². The van der Waals surface area contributed by atoms with E-state index in [1.807, 2.05) is 0 Å². The van der Waals surface area contributed by atoms with Crippen LogP contribution in [0.1, 0.15) is 35.8 Å². The van der Waals surface area contributed by atoms with Crippen LogP contribution in [0.2, 0.25) is 5.15 Å². The lowest BCUT2D eigenvalue weighted by molar-refractivity contribution is 0.102. The highest BCUT2D eigenvalue weighted by atomic mass is 79.9. The maximum absolute atomic E-state index is 12.7. The van der Waals surface area contributed by atoms with Crippen LogP contribution in [0.3, 0.4) is 0 Å². The van der Waals surface area contributed by atoms with E-state index >= 15 is 0 Å². The third-order valence-electron chi connectivity index (χ3n) is 3.90. The van der Waals surface area contributed by atoms with Crippen LogP contribution in [0.15, 0.2) is 16.6 Å². The summed E-state index contributed by atoms with van der Waals surface area (Å²) >= 11 is 9.81. The van der Waals surface area contributed by atoms with Gasteiger partial charge in [-0.3, -0.25) is 9.48 Å². The van der Waals surface area contributed by atoms with E-state index in [0.29, 0.717) is 57.8 Å². The molecule has 1 aliphatic rings. The number of carbonyl (C=O) groups excluding carboxylic acids is 1. The maximum Gasteiger partial charge on any atom is 0.260 e. The molecule has 0 radical (unpaired) electrons. The topological polar surface area (TPSA) is 65.4 Å². The summed E-state index contributed by atoms with van der Waals surface area (Å²) in [7, 11) is 0. The molecule has 0 unspecified atom stereocenters. The minimum atomic E-state index is -0.303. The van der Waals surface area contributed by atoms with Crippen LogP contribution >= 0.6 is 27.5 Å². The first kappa shape index (κ1) is 18.1. The first-order chi connectivity index (χ1) is 12.0. The van der Waals surface area contributed by atoms with Crippen molar-refractivity contribution >= 4 is 39.1 Å². The Morgan fingerprint density at radius 2 is 2.04 bits per heavy atom. The Morgan fingerprint density at radius 3 is 2.72 bits per heavy atom. The number of ether oxygens (including phenoxy) is 2. The molecule has 1 aromatic heterocycles. The number of hydrogen-bond donors (Lipinski definition) is 1. The number of hydrogen-bond acceptors (Lipinski definition) is 4. The second-order valence-electron chi connectivity index (χ2n) is 5.76. The smallest absolute Gasteiger partial charge is 0.260 e. The van der Waals surface area contributed by atoms with Crippen LogP contribution in [0.4, 0.5) is 5.69 Å². The molecule has 134 valence electrons. The van der Waals surface area contributed by atoms with Crippen LogP contribution in [-0.2, 0) is 6.54 Å². The van der Waals surface area contributed by atoms with Crippen LogP contribution in [0.5, 0.6) is 11.5 Å². The first-order valence-electron chi connectivity index (χ1n) is 8.14. The number of nitrogens with zero attached hydrogens (tertiary/aromatic N) is 2. The van der Waals surface area contributed by atoms with E-state index < -0.39 is 0 Å². The number of fused-ring (bicyclic) bond motifs is 1. The molecule has 2 aromatic rings. The van der Waals surface area contributed by atoms with E-state index in [9.17, 15) is 4.79 Å². The fourth-order valence-corrected chi connectivity index (χ4v) is 3.38. The Labute approximate surface area is 159 Å². The number of carbonyl (C=O) groups is 1. The molecule has 0 atom stereocenters. The molecule has 0 fully saturated rings. The van der Waals surface area contributed by atoms with Gasteiger partial charge in [0.15, 0.2) is 11.5 Å². The number of aryl methyl sites for hydroxylation is 2. The van der Waals surface area contributed by atoms with Gasteiger partial charge in [0, 0.05) is 23.2 Å². The van der Waals surface area contributed by atoms with Gasteiger partial charge in [-0.2, -0.15) is 5.10 Å². The number of benzene rings is 1. The van der Waals surface area contributed by atoms with E-state index in [-0.39, 0.29) is 5.91 Å². The molecule has 0 bridgehead atoms. The van der Waals surface area contributed by atoms with Crippen LogP contribution < -0.4 is 14.8 Å². The van der Waals surface area contributed by atoms with Crippen molar-refractivity contribution in [1.29, 1.82) is 0 Å². The Hall–Kier alpha value is -1.73. The van der Waals surface area contributed by atoms with Gasteiger partial charge in [-0.05, 0) is 29.3 Å². The standard InChI is InChI=1S/C17H19BrClN3O3/c1-3-4-5-22-16(19)15(10(2)21-22)17(23)20-12-9-14-13(8-11(12)18)24-6-7-25-14/h8-9H,3-7H2,1-2H3,(H,20,23). The second-order valence-corrected chi connectivity index (χ2v) is 6.97. The molecule has 1 aliphatic heterocycles. The Bertz CT molecular complexity index is 807. The van der Waals surface area contributed by atoms with Crippen LogP contribution in [0, 0.1) is 6.92 Å². The SMILES string of the molecule is CCCCn1nc(C)c(C(=O)Nc2cc3c(cc2Br)OCCO3)c1Cl.